The molecule has 1 amide bonds. The third-order valence-corrected chi connectivity index (χ3v) is 2.87. The Morgan fingerprint density at radius 1 is 1.26 bits per heavy atom. The molecule has 0 saturated carbocycles. The molecular formula is C15H16N2O2. The summed E-state index contributed by atoms with van der Waals surface area (Å²) in [4.78, 5) is 20.9. The average molecular weight is 256 g/mol. The zero-order valence-electron chi connectivity index (χ0n) is 11.0. The molecule has 4 nitrogen and oxygen atoms in total. The fourth-order valence-corrected chi connectivity index (χ4v) is 1.76. The minimum Gasteiger partial charge on any atom is -0.275 e. The molecule has 0 aliphatic carbocycles. The number of rotatable bonds is 4. The van der Waals surface area contributed by atoms with Gasteiger partial charge in [-0.3, -0.25) is 14.6 Å². The van der Waals surface area contributed by atoms with Gasteiger partial charge < -0.3 is 0 Å². The third-order valence-electron chi connectivity index (χ3n) is 2.87. The van der Waals surface area contributed by atoms with E-state index in [0.29, 0.717) is 6.42 Å². The van der Waals surface area contributed by atoms with Crippen LogP contribution in [0.25, 0.3) is 11.3 Å². The average Bonchev–Trinajstić information content (AvgIpc) is 2.47. The second-order valence-electron chi connectivity index (χ2n) is 4.17. The van der Waals surface area contributed by atoms with Crippen molar-refractivity contribution < 1.29 is 9.63 Å². The molecule has 0 aliphatic rings. The number of benzene rings is 1. The van der Waals surface area contributed by atoms with Gasteiger partial charge in [0.15, 0.2) is 0 Å². The van der Waals surface area contributed by atoms with Crippen molar-refractivity contribution in [1.29, 1.82) is 0 Å². The Morgan fingerprint density at radius 3 is 2.79 bits per heavy atom. The van der Waals surface area contributed by atoms with Crippen molar-refractivity contribution in [2.45, 2.75) is 6.42 Å². The third kappa shape index (κ3) is 3.39. The first-order valence-corrected chi connectivity index (χ1v) is 6.01. The molecule has 2 rings (SSSR count). The lowest BCUT2D eigenvalue weighted by molar-refractivity contribution is -0.167. The predicted molar refractivity (Wildman–Crippen MR) is 73.2 cm³/mol. The van der Waals surface area contributed by atoms with Crippen molar-refractivity contribution in [3.8, 4) is 11.3 Å². The molecule has 4 heteroatoms. The lowest BCUT2D eigenvalue weighted by Crippen LogP contribution is -2.26. The van der Waals surface area contributed by atoms with Gasteiger partial charge in [0.1, 0.15) is 0 Å². The van der Waals surface area contributed by atoms with Gasteiger partial charge in [-0.1, -0.05) is 24.3 Å². The lowest BCUT2D eigenvalue weighted by atomic mass is 10.1. The van der Waals surface area contributed by atoms with Crippen LogP contribution in [0.4, 0.5) is 0 Å². The Balaban J connectivity index is 2.19. The van der Waals surface area contributed by atoms with Crippen LogP contribution in [0.15, 0.2) is 48.7 Å². The maximum atomic E-state index is 11.8. The van der Waals surface area contributed by atoms with Crippen LogP contribution in [0.1, 0.15) is 5.56 Å². The van der Waals surface area contributed by atoms with Crippen LogP contribution in [0.2, 0.25) is 0 Å². The fraction of sp³-hybridized carbons (Fsp3) is 0.200. The molecule has 19 heavy (non-hydrogen) atoms. The van der Waals surface area contributed by atoms with Crippen molar-refractivity contribution in [3.05, 3.63) is 54.2 Å². The molecule has 0 bridgehead atoms. The number of aromatic nitrogens is 1. The minimum atomic E-state index is -0.0827. The smallest absolute Gasteiger partial charge is 0.250 e. The summed E-state index contributed by atoms with van der Waals surface area (Å²) < 4.78 is 0. The van der Waals surface area contributed by atoms with Gasteiger partial charge in [-0.15, -0.1) is 0 Å². The predicted octanol–water partition coefficient (Wildman–Crippen LogP) is 2.31. The monoisotopic (exact) mass is 256 g/mol. The van der Waals surface area contributed by atoms with E-state index in [1.165, 1.54) is 12.2 Å². The van der Waals surface area contributed by atoms with E-state index in [0.717, 1.165) is 16.8 Å². The largest absolute Gasteiger partial charge is 0.275 e. The number of hydroxylamine groups is 2. The van der Waals surface area contributed by atoms with E-state index in [9.17, 15) is 4.79 Å². The van der Waals surface area contributed by atoms with Gasteiger partial charge in [0.25, 0.3) is 0 Å². The van der Waals surface area contributed by atoms with E-state index in [-0.39, 0.29) is 5.91 Å². The molecule has 98 valence electrons. The summed E-state index contributed by atoms with van der Waals surface area (Å²) >= 11 is 0. The molecule has 0 fully saturated rings. The van der Waals surface area contributed by atoms with Gasteiger partial charge in [-0.05, 0) is 23.8 Å². The summed E-state index contributed by atoms with van der Waals surface area (Å²) in [6, 6.07) is 13.6. The van der Waals surface area contributed by atoms with Crippen LogP contribution in [-0.2, 0) is 16.1 Å². The Labute approximate surface area is 112 Å². The van der Waals surface area contributed by atoms with Crippen LogP contribution >= 0.6 is 0 Å². The normalized spacial score (nSPS) is 10.2. The van der Waals surface area contributed by atoms with Crippen LogP contribution in [0, 0.1) is 0 Å². The first-order chi connectivity index (χ1) is 9.20. The van der Waals surface area contributed by atoms with Gasteiger partial charge in [-0.25, -0.2) is 5.06 Å². The van der Waals surface area contributed by atoms with Crippen LogP contribution in [0.5, 0.6) is 0 Å². The SMILES string of the molecule is CON(C)C(=O)Cc1cccc(-c2ccccn2)c1. The Hall–Kier alpha value is -2.20. The van der Waals surface area contributed by atoms with Crippen molar-refractivity contribution in [2.24, 2.45) is 0 Å². The van der Waals surface area contributed by atoms with Crippen molar-refractivity contribution >= 4 is 5.91 Å². The van der Waals surface area contributed by atoms with E-state index in [1.54, 1.807) is 13.2 Å². The van der Waals surface area contributed by atoms with Gasteiger partial charge in [0.05, 0.1) is 19.2 Å². The Morgan fingerprint density at radius 2 is 2.11 bits per heavy atom. The van der Waals surface area contributed by atoms with Gasteiger partial charge >= 0.3 is 0 Å². The van der Waals surface area contributed by atoms with Gasteiger partial charge in [0.2, 0.25) is 5.91 Å². The highest BCUT2D eigenvalue weighted by Gasteiger charge is 2.09. The first-order valence-electron chi connectivity index (χ1n) is 6.01. The fourth-order valence-electron chi connectivity index (χ4n) is 1.76. The molecule has 0 unspecified atom stereocenters. The minimum absolute atomic E-state index is 0.0827. The standard InChI is InChI=1S/C15H16N2O2/c1-17(19-2)15(18)11-12-6-5-7-13(10-12)14-8-3-4-9-16-14/h3-10H,11H2,1-2H3. The van der Waals surface area contributed by atoms with Crippen LogP contribution < -0.4 is 0 Å². The molecule has 0 atom stereocenters. The molecule has 1 heterocycles. The zero-order valence-corrected chi connectivity index (χ0v) is 11.0. The number of amides is 1. The molecule has 0 aliphatic heterocycles. The Kier molecular flexibility index (Phi) is 4.26. The summed E-state index contributed by atoms with van der Waals surface area (Å²) in [5.41, 5.74) is 2.85. The molecule has 2 aromatic rings. The summed E-state index contributed by atoms with van der Waals surface area (Å²) in [6.45, 7) is 0. The number of carbonyl (C=O) groups is 1. The topological polar surface area (TPSA) is 42.4 Å². The molecule has 1 aromatic carbocycles. The maximum Gasteiger partial charge on any atom is 0.250 e. The number of likely N-dealkylation sites (N-methyl/N-ethyl adjacent to an activating group) is 1. The summed E-state index contributed by atoms with van der Waals surface area (Å²) in [5.74, 6) is -0.0827. The molecule has 0 radical (unpaired) electrons. The number of carbonyl (C=O) groups excluding carboxylic acids is 1. The highest BCUT2D eigenvalue weighted by Crippen LogP contribution is 2.18. The number of hydrogen-bond acceptors (Lipinski definition) is 3. The van der Waals surface area contributed by atoms with Crippen molar-refractivity contribution in [3.63, 3.8) is 0 Å². The number of pyridine rings is 1. The van der Waals surface area contributed by atoms with E-state index >= 15 is 0 Å². The molecule has 0 N–H and O–H groups in total. The highest BCUT2D eigenvalue weighted by atomic mass is 16.7. The van der Waals surface area contributed by atoms with Crippen LogP contribution in [0.3, 0.4) is 0 Å². The van der Waals surface area contributed by atoms with Gasteiger partial charge in [0, 0.05) is 18.8 Å². The molecule has 0 saturated heterocycles. The Bertz CT molecular complexity index is 555. The second kappa shape index (κ2) is 6.11. The molecular weight excluding hydrogens is 240 g/mol. The van der Waals surface area contributed by atoms with E-state index < -0.39 is 0 Å². The highest BCUT2D eigenvalue weighted by molar-refractivity contribution is 5.78. The van der Waals surface area contributed by atoms with E-state index in [1.807, 2.05) is 42.5 Å². The van der Waals surface area contributed by atoms with Crippen molar-refractivity contribution in [2.75, 3.05) is 14.2 Å². The van der Waals surface area contributed by atoms with Gasteiger partial charge in [-0.2, -0.15) is 0 Å². The molecule has 1 aromatic heterocycles. The first kappa shape index (κ1) is 13.2. The summed E-state index contributed by atoms with van der Waals surface area (Å²) in [5, 5.41) is 1.23. The number of nitrogens with zero attached hydrogens (tertiary/aromatic N) is 2. The quantitative estimate of drug-likeness (QED) is 0.788. The zero-order chi connectivity index (χ0) is 13.7. The van der Waals surface area contributed by atoms with E-state index in [4.69, 9.17) is 4.84 Å². The summed E-state index contributed by atoms with van der Waals surface area (Å²) in [6.07, 6.45) is 2.07. The van der Waals surface area contributed by atoms with E-state index in [2.05, 4.69) is 4.98 Å². The van der Waals surface area contributed by atoms with Crippen molar-refractivity contribution in [1.82, 2.24) is 10.0 Å². The molecule has 0 spiro atoms. The van der Waals surface area contributed by atoms with Crippen LogP contribution in [-0.4, -0.2) is 30.1 Å². The lowest BCUT2D eigenvalue weighted by Gasteiger charge is -2.13. The second-order valence-corrected chi connectivity index (χ2v) is 4.17. The number of hydrogen-bond donors (Lipinski definition) is 0. The maximum absolute atomic E-state index is 11.8. The summed E-state index contributed by atoms with van der Waals surface area (Å²) in [7, 11) is 3.08.